The summed E-state index contributed by atoms with van der Waals surface area (Å²) in [6.45, 7) is 1.85. The average molecular weight is 411 g/mol. The Morgan fingerprint density at radius 1 is 1.10 bits per heavy atom. The monoisotopic (exact) mass is 411 g/mol. The summed E-state index contributed by atoms with van der Waals surface area (Å²) in [6, 6.07) is 13.3. The number of likely N-dealkylation sites (N-methyl/N-ethyl adjacent to an activating group) is 1. The van der Waals surface area contributed by atoms with E-state index in [0.717, 1.165) is 25.1 Å². The number of halogens is 1. The highest BCUT2D eigenvalue weighted by Crippen LogP contribution is 2.23. The van der Waals surface area contributed by atoms with Gasteiger partial charge in [-0.05, 0) is 56.8 Å². The van der Waals surface area contributed by atoms with Crippen molar-refractivity contribution in [3.8, 4) is 5.75 Å². The van der Waals surface area contributed by atoms with Crippen molar-refractivity contribution >= 4 is 17.5 Å². The highest BCUT2D eigenvalue weighted by atomic mass is 19.1. The van der Waals surface area contributed by atoms with Crippen LogP contribution in [0.1, 0.15) is 29.6 Å². The molecule has 2 atom stereocenters. The highest BCUT2D eigenvalue weighted by molar-refractivity contribution is 5.98. The number of carbonyl (C=O) groups excluding carboxylic acids is 2. The third-order valence-corrected chi connectivity index (χ3v) is 5.71. The van der Waals surface area contributed by atoms with Crippen LogP contribution in [0.4, 0.5) is 10.1 Å². The van der Waals surface area contributed by atoms with Crippen molar-refractivity contribution in [2.24, 2.45) is 0 Å². The van der Waals surface area contributed by atoms with Crippen molar-refractivity contribution in [3.05, 3.63) is 59.9 Å². The Labute approximate surface area is 175 Å². The van der Waals surface area contributed by atoms with Gasteiger partial charge in [-0.25, -0.2) is 4.39 Å². The van der Waals surface area contributed by atoms with E-state index in [1.54, 1.807) is 11.0 Å². The van der Waals surface area contributed by atoms with Crippen LogP contribution in [0.5, 0.6) is 5.75 Å². The number of carbonyl (C=O) groups is 2. The molecular formula is C23H26FN3O3. The van der Waals surface area contributed by atoms with Crippen molar-refractivity contribution < 1.29 is 18.7 Å². The minimum Gasteiger partial charge on any atom is -0.489 e. The van der Waals surface area contributed by atoms with E-state index in [-0.39, 0.29) is 29.5 Å². The van der Waals surface area contributed by atoms with Crippen LogP contribution in [0.25, 0.3) is 0 Å². The molecule has 0 unspecified atom stereocenters. The molecule has 0 bridgehead atoms. The summed E-state index contributed by atoms with van der Waals surface area (Å²) in [5, 5.41) is 2.77. The summed E-state index contributed by atoms with van der Waals surface area (Å²) in [4.78, 5) is 29.1. The van der Waals surface area contributed by atoms with Crippen molar-refractivity contribution in [1.29, 1.82) is 0 Å². The SMILES string of the molecule is CN1CCC[C@H]1C(=O)Nc1cc(F)cc(C(=O)N2CC[C@@H](Oc3ccccc3)C2)c1. The Morgan fingerprint density at radius 2 is 1.90 bits per heavy atom. The Morgan fingerprint density at radius 3 is 2.63 bits per heavy atom. The molecule has 158 valence electrons. The van der Waals surface area contributed by atoms with E-state index in [2.05, 4.69) is 5.32 Å². The number of rotatable bonds is 5. The molecule has 7 heteroatoms. The zero-order chi connectivity index (χ0) is 21.1. The quantitative estimate of drug-likeness (QED) is 0.821. The van der Waals surface area contributed by atoms with Crippen LogP contribution >= 0.6 is 0 Å². The molecule has 30 heavy (non-hydrogen) atoms. The topological polar surface area (TPSA) is 61.9 Å². The zero-order valence-corrected chi connectivity index (χ0v) is 17.0. The summed E-state index contributed by atoms with van der Waals surface area (Å²) < 4.78 is 20.1. The van der Waals surface area contributed by atoms with Crippen LogP contribution in [0.3, 0.4) is 0 Å². The first kappa shape index (κ1) is 20.3. The number of likely N-dealkylation sites (tertiary alicyclic amines) is 2. The number of nitrogens with zero attached hydrogens (tertiary/aromatic N) is 2. The van der Waals surface area contributed by atoms with E-state index in [0.29, 0.717) is 25.2 Å². The molecular weight excluding hydrogens is 385 g/mol. The fourth-order valence-electron chi connectivity index (χ4n) is 4.14. The predicted molar refractivity (Wildman–Crippen MR) is 112 cm³/mol. The molecule has 4 rings (SSSR count). The van der Waals surface area contributed by atoms with Crippen LogP contribution in [-0.2, 0) is 4.79 Å². The summed E-state index contributed by atoms with van der Waals surface area (Å²) in [5.41, 5.74) is 0.533. The Hall–Kier alpha value is -2.93. The van der Waals surface area contributed by atoms with Crippen LogP contribution in [0.2, 0.25) is 0 Å². The Kier molecular flexibility index (Phi) is 5.99. The van der Waals surface area contributed by atoms with Gasteiger partial charge >= 0.3 is 0 Å². The second kappa shape index (κ2) is 8.83. The van der Waals surface area contributed by atoms with Crippen molar-refractivity contribution in [3.63, 3.8) is 0 Å². The lowest BCUT2D eigenvalue weighted by Gasteiger charge is -2.20. The summed E-state index contributed by atoms with van der Waals surface area (Å²) in [6.07, 6.45) is 2.36. The van der Waals surface area contributed by atoms with Crippen LogP contribution < -0.4 is 10.1 Å². The van der Waals surface area contributed by atoms with Gasteiger partial charge in [0.2, 0.25) is 5.91 Å². The number of benzene rings is 2. The summed E-state index contributed by atoms with van der Waals surface area (Å²) in [7, 11) is 1.90. The average Bonchev–Trinajstić information content (AvgIpc) is 3.37. The molecule has 0 spiro atoms. The molecule has 2 aliphatic rings. The third-order valence-electron chi connectivity index (χ3n) is 5.71. The lowest BCUT2D eigenvalue weighted by molar-refractivity contribution is -0.119. The second-order valence-corrected chi connectivity index (χ2v) is 7.95. The van der Waals surface area contributed by atoms with Gasteiger partial charge in [0.1, 0.15) is 17.7 Å². The number of hydrogen-bond donors (Lipinski definition) is 1. The summed E-state index contributed by atoms with van der Waals surface area (Å²) in [5.74, 6) is -0.213. The van der Waals surface area contributed by atoms with Gasteiger partial charge in [-0.1, -0.05) is 18.2 Å². The molecule has 2 amide bonds. The van der Waals surface area contributed by atoms with Gasteiger partial charge in [0.25, 0.3) is 5.91 Å². The third kappa shape index (κ3) is 4.62. The maximum Gasteiger partial charge on any atom is 0.254 e. The molecule has 6 nitrogen and oxygen atoms in total. The molecule has 2 aliphatic heterocycles. The molecule has 0 radical (unpaired) electrons. The van der Waals surface area contributed by atoms with E-state index in [9.17, 15) is 14.0 Å². The van der Waals surface area contributed by atoms with E-state index >= 15 is 0 Å². The molecule has 2 aromatic carbocycles. The first-order valence-corrected chi connectivity index (χ1v) is 10.3. The fourth-order valence-corrected chi connectivity index (χ4v) is 4.14. The minimum atomic E-state index is -0.549. The van der Waals surface area contributed by atoms with Crippen molar-refractivity contribution in [1.82, 2.24) is 9.80 Å². The maximum absolute atomic E-state index is 14.2. The Bertz CT molecular complexity index is 921. The number of anilines is 1. The zero-order valence-electron chi connectivity index (χ0n) is 17.0. The normalized spacial score (nSPS) is 21.6. The molecule has 2 saturated heterocycles. The van der Waals surface area contributed by atoms with Gasteiger partial charge < -0.3 is 15.0 Å². The van der Waals surface area contributed by atoms with E-state index < -0.39 is 5.82 Å². The van der Waals surface area contributed by atoms with Crippen LogP contribution in [-0.4, -0.2) is 60.4 Å². The lowest BCUT2D eigenvalue weighted by Crippen LogP contribution is -2.37. The first-order chi connectivity index (χ1) is 14.5. The van der Waals surface area contributed by atoms with E-state index in [1.807, 2.05) is 42.3 Å². The maximum atomic E-state index is 14.2. The predicted octanol–water partition coefficient (Wildman–Crippen LogP) is 3.15. The van der Waals surface area contributed by atoms with Crippen molar-refractivity contribution in [2.45, 2.75) is 31.4 Å². The number of para-hydroxylation sites is 1. The highest BCUT2D eigenvalue weighted by Gasteiger charge is 2.30. The molecule has 2 heterocycles. The molecule has 0 aliphatic carbocycles. The van der Waals surface area contributed by atoms with Gasteiger partial charge in [-0.3, -0.25) is 14.5 Å². The molecule has 2 fully saturated rings. The largest absolute Gasteiger partial charge is 0.489 e. The van der Waals surface area contributed by atoms with Crippen LogP contribution in [0.15, 0.2) is 48.5 Å². The molecule has 0 saturated carbocycles. The van der Waals surface area contributed by atoms with Crippen molar-refractivity contribution in [2.75, 3.05) is 32.0 Å². The Balaban J connectivity index is 1.41. The fraction of sp³-hybridized carbons (Fsp3) is 0.391. The van der Waals surface area contributed by atoms with Gasteiger partial charge in [0.05, 0.1) is 12.6 Å². The van der Waals surface area contributed by atoms with Crippen LogP contribution in [0, 0.1) is 5.82 Å². The standard InChI is InChI=1S/C23H26FN3O3/c1-26-10-5-8-21(26)22(28)25-18-13-16(12-17(24)14-18)23(29)27-11-9-20(15-27)30-19-6-3-2-4-7-19/h2-4,6-7,12-14,20-21H,5,8-11,15H2,1H3,(H,25,28)/t20-,21+/m1/s1. The number of nitrogens with one attached hydrogen (secondary N) is 1. The molecule has 1 N–H and O–H groups in total. The minimum absolute atomic E-state index is 0.0954. The smallest absolute Gasteiger partial charge is 0.254 e. The molecule has 2 aromatic rings. The van der Waals surface area contributed by atoms with Gasteiger partial charge in [0, 0.05) is 24.2 Å². The number of amides is 2. The van der Waals surface area contributed by atoms with E-state index in [4.69, 9.17) is 4.74 Å². The summed E-state index contributed by atoms with van der Waals surface area (Å²) >= 11 is 0. The second-order valence-electron chi connectivity index (χ2n) is 7.95. The van der Waals surface area contributed by atoms with Gasteiger partial charge in [-0.2, -0.15) is 0 Å². The van der Waals surface area contributed by atoms with Gasteiger partial charge in [-0.15, -0.1) is 0 Å². The van der Waals surface area contributed by atoms with Gasteiger partial charge in [0.15, 0.2) is 0 Å². The lowest BCUT2D eigenvalue weighted by atomic mass is 10.1. The molecule has 0 aromatic heterocycles. The number of hydrogen-bond acceptors (Lipinski definition) is 4. The van der Waals surface area contributed by atoms with E-state index in [1.165, 1.54) is 12.1 Å². The number of ether oxygens (including phenoxy) is 1. The first-order valence-electron chi connectivity index (χ1n) is 10.3.